The van der Waals surface area contributed by atoms with Crippen molar-refractivity contribution in [2.24, 2.45) is 0 Å². The highest BCUT2D eigenvalue weighted by atomic mass is 32.1. The van der Waals surface area contributed by atoms with Gasteiger partial charge in [-0.05, 0) is 42.6 Å². The Kier molecular flexibility index (Phi) is 3.02. The second-order valence-electron chi connectivity index (χ2n) is 3.23. The molecule has 0 amide bonds. The summed E-state index contributed by atoms with van der Waals surface area (Å²) in [5, 5.41) is 9.25. The normalized spacial score (nSPS) is 10.8. The molecule has 0 spiro atoms. The molecule has 2 aromatic rings. The molecule has 3 nitrogen and oxygen atoms in total. The third-order valence-electron chi connectivity index (χ3n) is 2.41. The maximum Gasteiger partial charge on any atom is 0.195 e. The van der Waals surface area contributed by atoms with Crippen LogP contribution in [0.15, 0.2) is 11.4 Å². The largest absolute Gasteiger partial charge is 0.300 e. The Morgan fingerprint density at radius 2 is 2.33 bits per heavy atom. The minimum atomic E-state index is 0.697. The first-order chi connectivity index (χ1) is 7.27. The first-order valence-corrected chi connectivity index (χ1v) is 6.28. The van der Waals surface area contributed by atoms with Crippen molar-refractivity contribution >= 4 is 23.6 Å². The molecule has 0 aliphatic carbocycles. The van der Waals surface area contributed by atoms with Crippen LogP contribution in [0.3, 0.4) is 0 Å². The van der Waals surface area contributed by atoms with Gasteiger partial charge < -0.3 is 0 Å². The number of thiophene rings is 1. The van der Waals surface area contributed by atoms with E-state index in [1.165, 1.54) is 10.4 Å². The summed E-state index contributed by atoms with van der Waals surface area (Å²) in [4.78, 5) is 1.23. The molecule has 1 N–H and O–H groups in total. The highest BCUT2D eigenvalue weighted by Gasteiger charge is 2.12. The van der Waals surface area contributed by atoms with Gasteiger partial charge in [0.25, 0.3) is 0 Å². The number of aromatic amines is 1. The Labute approximate surface area is 97.8 Å². The number of nitrogens with zero attached hydrogens (tertiary/aromatic N) is 2. The Hall–Kier alpha value is -0.940. The van der Waals surface area contributed by atoms with E-state index in [4.69, 9.17) is 12.2 Å². The Morgan fingerprint density at radius 3 is 3.00 bits per heavy atom. The van der Waals surface area contributed by atoms with Crippen LogP contribution in [0.5, 0.6) is 0 Å². The second-order valence-corrected chi connectivity index (χ2v) is 4.53. The number of H-pyrrole nitrogens is 1. The van der Waals surface area contributed by atoms with E-state index in [1.807, 2.05) is 4.57 Å². The quantitative estimate of drug-likeness (QED) is 0.834. The van der Waals surface area contributed by atoms with Gasteiger partial charge in [0.15, 0.2) is 10.6 Å². The molecule has 0 aliphatic heterocycles. The lowest BCUT2D eigenvalue weighted by Crippen LogP contribution is -1.97. The Balaban J connectivity index is 2.58. The highest BCUT2D eigenvalue weighted by molar-refractivity contribution is 7.71. The molecule has 0 aromatic carbocycles. The molecule has 2 rings (SSSR count). The summed E-state index contributed by atoms with van der Waals surface area (Å²) in [6.45, 7) is 5.09. The molecule has 80 valence electrons. The van der Waals surface area contributed by atoms with Crippen molar-refractivity contribution in [3.8, 4) is 10.7 Å². The van der Waals surface area contributed by atoms with E-state index in [1.54, 1.807) is 11.3 Å². The monoisotopic (exact) mass is 239 g/mol. The molecular formula is C10H13N3S2. The molecule has 0 fully saturated rings. The number of hydrogen-bond donors (Lipinski definition) is 1. The van der Waals surface area contributed by atoms with Crippen LogP contribution in [0, 0.1) is 4.77 Å². The van der Waals surface area contributed by atoms with Crippen molar-refractivity contribution < 1.29 is 0 Å². The van der Waals surface area contributed by atoms with E-state index in [2.05, 4.69) is 35.5 Å². The SMILES string of the molecule is CCc1ccsc1-c1n[nH]c(=S)n1CC. The highest BCUT2D eigenvalue weighted by Crippen LogP contribution is 2.28. The van der Waals surface area contributed by atoms with E-state index in [0.717, 1.165) is 18.8 Å². The van der Waals surface area contributed by atoms with Gasteiger partial charge in [0.1, 0.15) is 0 Å². The zero-order valence-electron chi connectivity index (χ0n) is 8.78. The van der Waals surface area contributed by atoms with E-state index in [-0.39, 0.29) is 0 Å². The lowest BCUT2D eigenvalue weighted by Gasteiger charge is -2.02. The Morgan fingerprint density at radius 1 is 1.53 bits per heavy atom. The van der Waals surface area contributed by atoms with E-state index in [0.29, 0.717) is 4.77 Å². The van der Waals surface area contributed by atoms with Gasteiger partial charge in [-0.1, -0.05) is 6.92 Å². The zero-order chi connectivity index (χ0) is 10.8. The van der Waals surface area contributed by atoms with Gasteiger partial charge in [-0.25, -0.2) is 0 Å². The number of aromatic nitrogens is 3. The van der Waals surface area contributed by atoms with Crippen molar-refractivity contribution in [3.63, 3.8) is 0 Å². The molecule has 0 saturated carbocycles. The van der Waals surface area contributed by atoms with Gasteiger partial charge in [0, 0.05) is 6.54 Å². The Bertz CT molecular complexity index is 507. The van der Waals surface area contributed by atoms with Crippen molar-refractivity contribution in [3.05, 3.63) is 21.8 Å². The summed E-state index contributed by atoms with van der Waals surface area (Å²) >= 11 is 6.90. The predicted octanol–water partition coefficient (Wildman–Crippen LogP) is 3.25. The smallest absolute Gasteiger partial charge is 0.195 e. The topological polar surface area (TPSA) is 33.6 Å². The lowest BCUT2D eigenvalue weighted by atomic mass is 10.2. The van der Waals surface area contributed by atoms with Crippen LogP contribution in [-0.2, 0) is 13.0 Å². The van der Waals surface area contributed by atoms with Gasteiger partial charge in [0.05, 0.1) is 4.88 Å². The van der Waals surface area contributed by atoms with Crippen LogP contribution in [0.2, 0.25) is 0 Å². The average molecular weight is 239 g/mol. The molecule has 0 bridgehead atoms. The van der Waals surface area contributed by atoms with Crippen LogP contribution in [0.4, 0.5) is 0 Å². The first kappa shape index (κ1) is 10.6. The molecule has 0 aliphatic rings. The molecule has 2 aromatic heterocycles. The van der Waals surface area contributed by atoms with E-state index in [9.17, 15) is 0 Å². The molecule has 0 unspecified atom stereocenters. The summed E-state index contributed by atoms with van der Waals surface area (Å²) in [6, 6.07) is 2.15. The minimum absolute atomic E-state index is 0.697. The number of nitrogens with one attached hydrogen (secondary N) is 1. The molecule has 2 heterocycles. The van der Waals surface area contributed by atoms with Crippen LogP contribution in [-0.4, -0.2) is 14.8 Å². The molecule has 5 heteroatoms. The maximum atomic E-state index is 5.17. The summed E-state index contributed by atoms with van der Waals surface area (Å²) in [5.41, 5.74) is 1.34. The third-order valence-corrected chi connectivity index (χ3v) is 3.67. The lowest BCUT2D eigenvalue weighted by molar-refractivity contribution is 0.756. The second kappa shape index (κ2) is 4.28. The predicted molar refractivity (Wildman–Crippen MR) is 65.8 cm³/mol. The average Bonchev–Trinajstić information content (AvgIpc) is 2.82. The summed E-state index contributed by atoms with van der Waals surface area (Å²) in [5.74, 6) is 0.967. The van der Waals surface area contributed by atoms with Crippen LogP contribution < -0.4 is 0 Å². The molecular weight excluding hydrogens is 226 g/mol. The van der Waals surface area contributed by atoms with Crippen LogP contribution in [0.1, 0.15) is 19.4 Å². The van der Waals surface area contributed by atoms with Gasteiger partial charge in [-0.3, -0.25) is 9.67 Å². The molecule has 0 saturated heterocycles. The van der Waals surface area contributed by atoms with Crippen LogP contribution >= 0.6 is 23.6 Å². The van der Waals surface area contributed by atoms with E-state index < -0.39 is 0 Å². The fourth-order valence-corrected chi connectivity index (χ4v) is 2.85. The van der Waals surface area contributed by atoms with Gasteiger partial charge in [-0.2, -0.15) is 5.10 Å². The summed E-state index contributed by atoms with van der Waals surface area (Å²) < 4.78 is 2.73. The first-order valence-electron chi connectivity index (χ1n) is 4.99. The maximum absolute atomic E-state index is 5.17. The van der Waals surface area contributed by atoms with Crippen molar-refractivity contribution in [1.82, 2.24) is 14.8 Å². The van der Waals surface area contributed by atoms with Gasteiger partial charge in [0.2, 0.25) is 0 Å². The number of rotatable bonds is 3. The number of hydrogen-bond acceptors (Lipinski definition) is 3. The fourth-order valence-electron chi connectivity index (χ4n) is 1.59. The van der Waals surface area contributed by atoms with E-state index >= 15 is 0 Å². The minimum Gasteiger partial charge on any atom is -0.300 e. The van der Waals surface area contributed by atoms with Crippen molar-refractivity contribution in [1.29, 1.82) is 0 Å². The van der Waals surface area contributed by atoms with Crippen molar-refractivity contribution in [2.45, 2.75) is 26.8 Å². The van der Waals surface area contributed by atoms with Crippen LogP contribution in [0.25, 0.3) is 10.7 Å². The fraction of sp³-hybridized carbons (Fsp3) is 0.400. The molecule has 0 atom stereocenters. The molecule has 15 heavy (non-hydrogen) atoms. The summed E-state index contributed by atoms with van der Waals surface area (Å²) in [7, 11) is 0. The summed E-state index contributed by atoms with van der Waals surface area (Å²) in [6.07, 6.45) is 1.03. The third kappa shape index (κ3) is 1.77. The van der Waals surface area contributed by atoms with Gasteiger partial charge >= 0.3 is 0 Å². The van der Waals surface area contributed by atoms with Crippen molar-refractivity contribution in [2.75, 3.05) is 0 Å². The molecule has 0 radical (unpaired) electrons. The zero-order valence-corrected chi connectivity index (χ0v) is 10.4. The standard InChI is InChI=1S/C10H13N3S2/c1-3-7-5-6-15-8(7)9-11-12-10(14)13(9)4-2/h5-6H,3-4H2,1-2H3,(H,12,14). The van der Waals surface area contributed by atoms with Gasteiger partial charge in [-0.15, -0.1) is 11.3 Å². The number of aryl methyl sites for hydroxylation is 1.